The molecule has 8 nitrogen and oxygen atoms in total. The van der Waals surface area contributed by atoms with E-state index in [0.717, 1.165) is 67.2 Å². The Labute approximate surface area is 165 Å². The zero-order chi connectivity index (χ0) is 20.4. The van der Waals surface area contributed by atoms with Crippen LogP contribution in [0.5, 0.6) is 0 Å². The van der Waals surface area contributed by atoms with Crippen molar-refractivity contribution in [1.29, 1.82) is 0 Å². The minimum Gasteiger partial charge on any atom is -0.361 e. The first kappa shape index (κ1) is 21.4. The number of unbranched alkanes of at least 4 members (excludes halogenated alkanes) is 1. The molecule has 0 saturated carbocycles. The van der Waals surface area contributed by atoms with E-state index in [0.29, 0.717) is 6.54 Å². The second-order valence-corrected chi connectivity index (χ2v) is 6.47. The molecule has 2 rings (SSSR count). The molecule has 1 heterocycles. The summed E-state index contributed by atoms with van der Waals surface area (Å²) in [5, 5.41) is 21.4. The van der Waals surface area contributed by atoms with Crippen LogP contribution >= 0.6 is 0 Å². The summed E-state index contributed by atoms with van der Waals surface area (Å²) in [6.45, 7) is 5.57. The van der Waals surface area contributed by atoms with Gasteiger partial charge in [0.25, 0.3) is 5.69 Å². The van der Waals surface area contributed by atoms with Gasteiger partial charge in [0.1, 0.15) is 5.76 Å². The number of benzene rings is 1. The lowest BCUT2D eigenvalue weighted by Gasteiger charge is -2.12. The highest BCUT2D eigenvalue weighted by Gasteiger charge is 2.13. The lowest BCUT2D eigenvalue weighted by Crippen LogP contribution is -2.37. The molecular weight excluding hydrogens is 358 g/mol. The maximum absolute atomic E-state index is 10.7. The van der Waals surface area contributed by atoms with E-state index in [1.165, 1.54) is 0 Å². The van der Waals surface area contributed by atoms with Crippen LogP contribution in [0.1, 0.15) is 49.3 Å². The maximum Gasteiger partial charge on any atom is 0.269 e. The molecule has 0 saturated heterocycles. The maximum atomic E-state index is 10.7. The molecule has 0 atom stereocenters. The van der Waals surface area contributed by atoms with Crippen molar-refractivity contribution in [1.82, 2.24) is 15.8 Å². The van der Waals surface area contributed by atoms with Gasteiger partial charge in [0, 0.05) is 44.3 Å². The summed E-state index contributed by atoms with van der Waals surface area (Å²) in [5.74, 6) is 1.67. The molecule has 2 N–H and O–H groups in total. The molecule has 0 fully saturated rings. The monoisotopic (exact) mass is 387 g/mol. The summed E-state index contributed by atoms with van der Waals surface area (Å²) in [4.78, 5) is 14.6. The van der Waals surface area contributed by atoms with Crippen LogP contribution in [0.4, 0.5) is 5.69 Å². The van der Waals surface area contributed by atoms with E-state index < -0.39 is 0 Å². The van der Waals surface area contributed by atoms with E-state index in [4.69, 9.17) is 4.52 Å². The molecule has 0 amide bonds. The number of guanidine groups is 1. The van der Waals surface area contributed by atoms with Crippen molar-refractivity contribution in [2.75, 3.05) is 13.6 Å². The van der Waals surface area contributed by atoms with Gasteiger partial charge in [-0.2, -0.15) is 0 Å². The van der Waals surface area contributed by atoms with Crippen LogP contribution in [0.15, 0.2) is 33.8 Å². The van der Waals surface area contributed by atoms with Crippen molar-refractivity contribution < 1.29 is 9.45 Å². The SMILES string of the molecule is CCc1noc(CC)c1CNC(=NC)NCCCCc1ccc([N+](=O)[O-])cc1. The van der Waals surface area contributed by atoms with Crippen LogP contribution in [-0.2, 0) is 25.8 Å². The second-order valence-electron chi connectivity index (χ2n) is 6.47. The van der Waals surface area contributed by atoms with Gasteiger partial charge in [0.15, 0.2) is 5.96 Å². The van der Waals surface area contributed by atoms with Gasteiger partial charge in [-0.3, -0.25) is 15.1 Å². The Kier molecular flexibility index (Phi) is 8.45. The number of rotatable bonds is 10. The summed E-state index contributed by atoms with van der Waals surface area (Å²) in [5.41, 5.74) is 3.35. The smallest absolute Gasteiger partial charge is 0.269 e. The Morgan fingerprint density at radius 3 is 2.54 bits per heavy atom. The lowest BCUT2D eigenvalue weighted by atomic mass is 10.1. The quantitative estimate of drug-likeness (QED) is 0.213. The molecule has 0 aliphatic rings. The fourth-order valence-corrected chi connectivity index (χ4v) is 2.98. The first-order valence-corrected chi connectivity index (χ1v) is 9.73. The number of aryl methyl sites for hydroxylation is 3. The largest absolute Gasteiger partial charge is 0.361 e. The highest BCUT2D eigenvalue weighted by Crippen LogP contribution is 2.15. The fourth-order valence-electron chi connectivity index (χ4n) is 2.98. The molecule has 2 aromatic rings. The van der Waals surface area contributed by atoms with E-state index in [1.807, 2.05) is 12.1 Å². The zero-order valence-electron chi connectivity index (χ0n) is 16.8. The third-order valence-electron chi connectivity index (χ3n) is 4.60. The normalized spacial score (nSPS) is 11.5. The molecule has 0 bridgehead atoms. The van der Waals surface area contributed by atoms with Crippen LogP contribution in [0.3, 0.4) is 0 Å². The number of aliphatic imine (C=N–C) groups is 1. The van der Waals surface area contributed by atoms with Gasteiger partial charge in [-0.15, -0.1) is 0 Å². The average Bonchev–Trinajstić information content (AvgIpc) is 3.12. The predicted molar refractivity (Wildman–Crippen MR) is 109 cm³/mol. The predicted octanol–water partition coefficient (Wildman–Crippen LogP) is 3.40. The van der Waals surface area contributed by atoms with Gasteiger partial charge in [-0.1, -0.05) is 31.1 Å². The first-order chi connectivity index (χ1) is 13.6. The van der Waals surface area contributed by atoms with Crippen molar-refractivity contribution in [2.24, 2.45) is 4.99 Å². The number of nitro groups is 1. The Hall–Kier alpha value is -2.90. The van der Waals surface area contributed by atoms with E-state index in [2.05, 4.69) is 34.6 Å². The number of nitro benzene ring substituents is 1. The van der Waals surface area contributed by atoms with Gasteiger partial charge in [-0.05, 0) is 31.2 Å². The van der Waals surface area contributed by atoms with Gasteiger partial charge in [0.05, 0.1) is 10.6 Å². The Morgan fingerprint density at radius 2 is 1.93 bits per heavy atom. The topological polar surface area (TPSA) is 106 Å². The summed E-state index contributed by atoms with van der Waals surface area (Å²) in [6.07, 6.45) is 4.53. The molecular formula is C20H29N5O3. The van der Waals surface area contributed by atoms with Gasteiger partial charge in [0.2, 0.25) is 0 Å². The molecule has 152 valence electrons. The Balaban J connectivity index is 1.71. The molecule has 0 spiro atoms. The molecule has 0 aliphatic heterocycles. The van der Waals surface area contributed by atoms with Crippen molar-refractivity contribution in [3.05, 3.63) is 57.0 Å². The van der Waals surface area contributed by atoms with Gasteiger partial charge >= 0.3 is 0 Å². The van der Waals surface area contributed by atoms with E-state index in [1.54, 1.807) is 19.2 Å². The molecule has 1 aromatic carbocycles. The van der Waals surface area contributed by atoms with Gasteiger partial charge in [-0.25, -0.2) is 0 Å². The van der Waals surface area contributed by atoms with Crippen LogP contribution in [0.2, 0.25) is 0 Å². The van der Waals surface area contributed by atoms with Gasteiger partial charge < -0.3 is 15.2 Å². The van der Waals surface area contributed by atoms with Crippen molar-refractivity contribution in [3.63, 3.8) is 0 Å². The molecule has 0 unspecified atom stereocenters. The second kappa shape index (κ2) is 11.1. The van der Waals surface area contributed by atoms with Crippen LogP contribution in [0, 0.1) is 10.1 Å². The molecule has 8 heteroatoms. The summed E-state index contributed by atoms with van der Waals surface area (Å²) in [6, 6.07) is 6.75. The fraction of sp³-hybridized carbons (Fsp3) is 0.500. The third kappa shape index (κ3) is 6.07. The van der Waals surface area contributed by atoms with Crippen molar-refractivity contribution in [3.8, 4) is 0 Å². The highest BCUT2D eigenvalue weighted by molar-refractivity contribution is 5.79. The van der Waals surface area contributed by atoms with Crippen molar-refractivity contribution in [2.45, 2.75) is 52.5 Å². The first-order valence-electron chi connectivity index (χ1n) is 9.73. The van der Waals surface area contributed by atoms with E-state index >= 15 is 0 Å². The summed E-state index contributed by atoms with van der Waals surface area (Å²) in [7, 11) is 1.75. The number of hydrogen-bond donors (Lipinski definition) is 2. The Bertz CT molecular complexity index is 762. The van der Waals surface area contributed by atoms with Crippen LogP contribution in [-0.4, -0.2) is 29.6 Å². The molecule has 0 radical (unpaired) electrons. The molecule has 1 aromatic heterocycles. The van der Waals surface area contributed by atoms with Crippen molar-refractivity contribution >= 4 is 11.6 Å². The third-order valence-corrected chi connectivity index (χ3v) is 4.60. The minimum absolute atomic E-state index is 0.130. The molecule has 28 heavy (non-hydrogen) atoms. The number of nitrogens with zero attached hydrogens (tertiary/aromatic N) is 3. The van der Waals surface area contributed by atoms with Crippen LogP contribution < -0.4 is 10.6 Å². The Morgan fingerprint density at radius 1 is 1.18 bits per heavy atom. The van der Waals surface area contributed by atoms with Crippen LogP contribution in [0.25, 0.3) is 0 Å². The average molecular weight is 387 g/mol. The lowest BCUT2D eigenvalue weighted by molar-refractivity contribution is -0.384. The van der Waals surface area contributed by atoms with E-state index in [9.17, 15) is 10.1 Å². The number of aromatic nitrogens is 1. The molecule has 0 aliphatic carbocycles. The number of hydrogen-bond acceptors (Lipinski definition) is 5. The summed E-state index contributed by atoms with van der Waals surface area (Å²) >= 11 is 0. The highest BCUT2D eigenvalue weighted by atomic mass is 16.6. The summed E-state index contributed by atoms with van der Waals surface area (Å²) < 4.78 is 5.39. The standard InChI is InChI=1S/C20H29N5O3/c1-4-18-17(19(5-2)28-24-18)14-23-20(21-3)22-13-7-6-8-15-9-11-16(12-10-15)25(26)27/h9-12H,4-8,13-14H2,1-3H3,(H2,21,22,23). The zero-order valence-corrected chi connectivity index (χ0v) is 16.8. The minimum atomic E-state index is -0.376. The number of nitrogens with one attached hydrogen (secondary N) is 2. The number of non-ortho nitro benzene ring substituents is 1. The van der Waals surface area contributed by atoms with E-state index in [-0.39, 0.29) is 10.6 Å².